The zero-order valence-corrected chi connectivity index (χ0v) is 23.1. The predicted octanol–water partition coefficient (Wildman–Crippen LogP) is 4.49. The van der Waals surface area contributed by atoms with E-state index < -0.39 is 19.6 Å². The fourth-order valence-electron chi connectivity index (χ4n) is 4.85. The maximum atomic E-state index is 13.4. The van der Waals surface area contributed by atoms with E-state index in [1.54, 1.807) is 23.6 Å². The first-order valence-corrected chi connectivity index (χ1v) is 15.8. The number of fused-ring (bicyclic) bond motifs is 5. The van der Waals surface area contributed by atoms with Crippen LogP contribution in [-0.4, -0.2) is 34.7 Å². The van der Waals surface area contributed by atoms with Crippen LogP contribution in [0, 0.1) is 0 Å². The molecule has 0 fully saturated rings. The number of ether oxygens (including phenoxy) is 2. The third-order valence-corrected chi connectivity index (χ3v) is 13.6. The summed E-state index contributed by atoms with van der Waals surface area (Å²) in [7, 11) is -1.89. The van der Waals surface area contributed by atoms with Crippen molar-refractivity contribution in [2.45, 2.75) is 77.0 Å². The van der Waals surface area contributed by atoms with Gasteiger partial charge in [0, 0.05) is 22.6 Å². The lowest BCUT2D eigenvalue weighted by molar-refractivity contribution is -0.172. The van der Waals surface area contributed by atoms with Crippen LogP contribution in [0.25, 0.3) is 22.3 Å². The van der Waals surface area contributed by atoms with Crippen LogP contribution in [-0.2, 0) is 33.1 Å². The van der Waals surface area contributed by atoms with E-state index in [2.05, 4.69) is 33.9 Å². The van der Waals surface area contributed by atoms with Gasteiger partial charge in [-0.15, -0.1) is 0 Å². The van der Waals surface area contributed by atoms with E-state index >= 15 is 0 Å². The molecule has 2 aliphatic heterocycles. The summed E-state index contributed by atoms with van der Waals surface area (Å²) in [5.41, 5.74) is 0.804. The second-order valence-electron chi connectivity index (χ2n) is 11.7. The number of aliphatic hydroxyl groups is 1. The molecule has 2 aromatic heterocycles. The summed E-state index contributed by atoms with van der Waals surface area (Å²) >= 11 is 0. The Balaban J connectivity index is 1.59. The lowest BCUT2D eigenvalue weighted by Crippen LogP contribution is -2.44. The molecule has 9 heteroatoms. The van der Waals surface area contributed by atoms with Crippen LogP contribution in [0.4, 0.5) is 0 Å². The fraction of sp³-hybridized carbons (Fsp3) is 0.429. The van der Waals surface area contributed by atoms with Gasteiger partial charge in [-0.05, 0) is 29.7 Å². The molecule has 0 bridgehead atoms. The van der Waals surface area contributed by atoms with Crippen LogP contribution in [0.1, 0.15) is 50.8 Å². The highest BCUT2D eigenvalue weighted by Gasteiger charge is 2.45. The molecule has 1 atom stereocenters. The van der Waals surface area contributed by atoms with E-state index in [-0.39, 0.29) is 40.7 Å². The lowest BCUT2D eigenvalue weighted by atomic mass is 9.86. The second-order valence-corrected chi connectivity index (χ2v) is 17.3. The molecule has 0 unspecified atom stereocenters. The number of nitrogens with zero attached hydrogens (tertiary/aromatic N) is 2. The standard InChI is InChI=1S/C28H32N2O6Si/c1-7-28(34)19-12-20-23-17(13-30(20)25(32)18(19)14-35-26(28)33)11-16-9-8-10-21(24(16)29-23)36-22(31)15-37(5,6)27(2,3)4/h8-12,34H,7,13-15H2,1-6H3/t28-/m0/s1. The molecular weight excluding hydrogens is 488 g/mol. The van der Waals surface area contributed by atoms with Crippen molar-refractivity contribution in [3.8, 4) is 17.1 Å². The van der Waals surface area contributed by atoms with Crippen molar-refractivity contribution in [1.29, 1.82) is 0 Å². The van der Waals surface area contributed by atoms with Crippen LogP contribution >= 0.6 is 0 Å². The monoisotopic (exact) mass is 520 g/mol. The van der Waals surface area contributed by atoms with Crippen LogP contribution in [0.3, 0.4) is 0 Å². The zero-order valence-electron chi connectivity index (χ0n) is 22.1. The van der Waals surface area contributed by atoms with E-state index in [1.807, 2.05) is 18.2 Å². The number of carbonyl (C=O) groups excluding carboxylic acids is 2. The van der Waals surface area contributed by atoms with E-state index in [4.69, 9.17) is 14.5 Å². The van der Waals surface area contributed by atoms with Crippen molar-refractivity contribution in [3.63, 3.8) is 0 Å². The Morgan fingerprint density at radius 2 is 1.97 bits per heavy atom. The van der Waals surface area contributed by atoms with Crippen LogP contribution < -0.4 is 10.3 Å². The van der Waals surface area contributed by atoms with Gasteiger partial charge in [-0.25, -0.2) is 9.78 Å². The number of benzene rings is 1. The highest BCUT2D eigenvalue weighted by Crippen LogP contribution is 2.41. The highest BCUT2D eigenvalue weighted by molar-refractivity contribution is 6.82. The maximum Gasteiger partial charge on any atom is 0.343 e. The summed E-state index contributed by atoms with van der Waals surface area (Å²) in [6, 6.07) is 9.45. The van der Waals surface area contributed by atoms with Gasteiger partial charge in [0.1, 0.15) is 12.1 Å². The Bertz CT molecular complexity index is 1530. The van der Waals surface area contributed by atoms with Crippen molar-refractivity contribution in [1.82, 2.24) is 9.55 Å². The largest absolute Gasteiger partial charge is 0.458 e. The second kappa shape index (κ2) is 8.36. The number of esters is 2. The van der Waals surface area contributed by atoms with Crippen molar-refractivity contribution >= 4 is 30.9 Å². The quantitative estimate of drug-likeness (QED) is 0.240. The van der Waals surface area contributed by atoms with Crippen molar-refractivity contribution in [2.24, 2.45) is 0 Å². The van der Waals surface area contributed by atoms with Gasteiger partial charge in [-0.2, -0.15) is 0 Å². The molecule has 0 aliphatic carbocycles. The van der Waals surface area contributed by atoms with E-state index in [1.165, 1.54) is 0 Å². The molecule has 8 nitrogen and oxygen atoms in total. The van der Waals surface area contributed by atoms with E-state index in [0.29, 0.717) is 35.2 Å². The molecule has 0 amide bonds. The smallest absolute Gasteiger partial charge is 0.343 e. The minimum absolute atomic E-state index is 0.0484. The van der Waals surface area contributed by atoms with Crippen molar-refractivity contribution < 1.29 is 24.2 Å². The number of hydrogen-bond donors (Lipinski definition) is 1. The molecule has 0 spiro atoms. The number of aromatic nitrogens is 2. The van der Waals surface area contributed by atoms with E-state index in [0.717, 1.165) is 10.9 Å². The predicted molar refractivity (Wildman–Crippen MR) is 142 cm³/mol. The molecule has 2 aliphatic rings. The van der Waals surface area contributed by atoms with Crippen molar-refractivity contribution in [2.75, 3.05) is 0 Å². The Morgan fingerprint density at radius 1 is 1.24 bits per heavy atom. The zero-order chi connectivity index (χ0) is 26.9. The molecule has 0 saturated heterocycles. The third kappa shape index (κ3) is 3.92. The minimum Gasteiger partial charge on any atom is -0.458 e. The Hall–Kier alpha value is -3.30. The molecule has 0 saturated carbocycles. The van der Waals surface area contributed by atoms with Crippen LogP contribution in [0.2, 0.25) is 24.2 Å². The lowest BCUT2D eigenvalue weighted by Gasteiger charge is -2.35. The molecule has 4 heterocycles. The Kier molecular flexibility index (Phi) is 5.73. The summed E-state index contributed by atoms with van der Waals surface area (Å²) in [5, 5.41) is 11.9. The number of carbonyl (C=O) groups is 2. The number of hydrogen-bond acceptors (Lipinski definition) is 7. The van der Waals surface area contributed by atoms with Gasteiger partial charge >= 0.3 is 11.9 Å². The molecule has 37 heavy (non-hydrogen) atoms. The minimum atomic E-state index is -1.89. The average molecular weight is 521 g/mol. The van der Waals surface area contributed by atoms with Gasteiger partial charge < -0.3 is 19.1 Å². The van der Waals surface area contributed by atoms with Crippen LogP contribution in [0.5, 0.6) is 5.75 Å². The Morgan fingerprint density at radius 3 is 2.65 bits per heavy atom. The molecule has 3 aromatic rings. The molecule has 1 N–H and O–H groups in total. The van der Waals surface area contributed by atoms with Gasteiger partial charge in [0.15, 0.2) is 11.4 Å². The number of para-hydroxylation sites is 1. The normalized spacial score (nSPS) is 18.7. The summed E-state index contributed by atoms with van der Waals surface area (Å²) in [5.74, 6) is -0.664. The third-order valence-electron chi connectivity index (χ3n) is 8.34. The van der Waals surface area contributed by atoms with Crippen molar-refractivity contribution in [3.05, 3.63) is 57.4 Å². The molecule has 194 valence electrons. The average Bonchev–Trinajstić information content (AvgIpc) is 3.17. The molecular formula is C28H32N2O6Si. The first kappa shape index (κ1) is 25.4. The summed E-state index contributed by atoms with van der Waals surface area (Å²) in [4.78, 5) is 43.6. The van der Waals surface area contributed by atoms with E-state index in [9.17, 15) is 19.5 Å². The SMILES string of the molecule is CC[C@@]1(O)C(=O)OCc2c1cc1n(c2=O)Cc2cc3cccc(OC(=O)C[Si](C)(C)C(C)(C)C)c3nc2-1. The van der Waals surface area contributed by atoms with Crippen LogP contribution in [0.15, 0.2) is 35.1 Å². The summed E-state index contributed by atoms with van der Waals surface area (Å²) < 4.78 is 12.6. The van der Waals surface area contributed by atoms with Gasteiger partial charge in [0.05, 0.1) is 31.6 Å². The fourth-order valence-corrected chi connectivity index (χ4v) is 6.17. The summed E-state index contributed by atoms with van der Waals surface area (Å²) in [6.45, 7) is 12.7. The number of cyclic esters (lactones) is 1. The van der Waals surface area contributed by atoms with Gasteiger partial charge in [-0.1, -0.05) is 52.9 Å². The maximum absolute atomic E-state index is 13.4. The molecule has 1 aromatic carbocycles. The summed E-state index contributed by atoms with van der Waals surface area (Å²) in [6.07, 6.45) is 0.0774. The molecule has 5 rings (SSSR count). The van der Waals surface area contributed by atoms with Gasteiger partial charge in [-0.3, -0.25) is 9.59 Å². The van der Waals surface area contributed by atoms with Gasteiger partial charge in [0.25, 0.3) is 5.56 Å². The van der Waals surface area contributed by atoms with Gasteiger partial charge in [0.2, 0.25) is 0 Å². The first-order chi connectivity index (χ1) is 17.3. The number of pyridine rings is 2. The highest BCUT2D eigenvalue weighted by atomic mass is 28.3. The number of rotatable bonds is 4. The topological polar surface area (TPSA) is 108 Å². The Labute approximate surface area is 216 Å². The molecule has 0 radical (unpaired) electrons. The first-order valence-electron chi connectivity index (χ1n) is 12.6.